The molecule has 134 valence electrons. The molecule has 2 heterocycles. The van der Waals surface area contributed by atoms with Crippen LogP contribution in [0.1, 0.15) is 5.56 Å². The lowest BCUT2D eigenvalue weighted by Crippen LogP contribution is -2.44. The first-order valence-electron chi connectivity index (χ1n) is 8.92. The second-order valence-corrected chi connectivity index (χ2v) is 6.88. The summed E-state index contributed by atoms with van der Waals surface area (Å²) in [4.78, 5) is 13.6. The highest BCUT2D eigenvalue weighted by Gasteiger charge is 2.18. The fraction of sp³-hybridized carbons (Fsp3) is 0.300. The Kier molecular flexibility index (Phi) is 4.34. The Morgan fingerprint density at radius 2 is 1.81 bits per heavy atom. The normalized spacial score (nSPS) is 15.4. The van der Waals surface area contributed by atoms with Gasteiger partial charge in [-0.2, -0.15) is 0 Å². The van der Waals surface area contributed by atoms with E-state index in [2.05, 4.69) is 51.2 Å². The summed E-state index contributed by atoms with van der Waals surface area (Å²) in [5, 5.41) is 4.36. The van der Waals surface area contributed by atoms with Crippen molar-refractivity contribution < 1.29 is 0 Å². The second kappa shape index (κ2) is 6.80. The predicted octanol–water partition coefficient (Wildman–Crippen LogP) is 3.02. The fourth-order valence-electron chi connectivity index (χ4n) is 3.37. The average molecular weight is 348 g/mol. The SMILES string of the molecule is Cc1ccccc1Nc1ncnc2cc(N3CCN(C)CC3)c(N)cc12. The van der Waals surface area contributed by atoms with Crippen LogP contribution in [-0.4, -0.2) is 48.1 Å². The van der Waals surface area contributed by atoms with Crippen LogP contribution in [0.5, 0.6) is 0 Å². The second-order valence-electron chi connectivity index (χ2n) is 6.88. The van der Waals surface area contributed by atoms with Crippen molar-refractivity contribution in [1.29, 1.82) is 0 Å². The third-order valence-corrected chi connectivity index (χ3v) is 5.03. The number of nitrogen functional groups attached to an aromatic ring is 1. The highest BCUT2D eigenvalue weighted by molar-refractivity contribution is 5.96. The molecule has 0 aliphatic carbocycles. The van der Waals surface area contributed by atoms with E-state index in [0.717, 1.165) is 60.0 Å². The number of nitrogens with two attached hydrogens (primary N) is 1. The molecule has 1 fully saturated rings. The first-order chi connectivity index (χ1) is 12.6. The third kappa shape index (κ3) is 3.15. The van der Waals surface area contributed by atoms with Gasteiger partial charge in [-0.15, -0.1) is 0 Å². The van der Waals surface area contributed by atoms with Crippen LogP contribution >= 0.6 is 0 Å². The fourth-order valence-corrected chi connectivity index (χ4v) is 3.37. The number of hydrogen-bond donors (Lipinski definition) is 2. The number of nitrogens with zero attached hydrogens (tertiary/aromatic N) is 4. The number of rotatable bonds is 3. The van der Waals surface area contributed by atoms with Gasteiger partial charge in [-0.1, -0.05) is 18.2 Å². The maximum Gasteiger partial charge on any atom is 0.141 e. The van der Waals surface area contributed by atoms with E-state index in [0.29, 0.717) is 0 Å². The Balaban J connectivity index is 1.71. The smallest absolute Gasteiger partial charge is 0.141 e. The highest BCUT2D eigenvalue weighted by atomic mass is 15.3. The number of likely N-dealkylation sites (N-methyl/N-ethyl adjacent to an activating group) is 1. The van der Waals surface area contributed by atoms with Crippen LogP contribution in [-0.2, 0) is 0 Å². The average Bonchev–Trinajstić information content (AvgIpc) is 2.64. The minimum absolute atomic E-state index is 0.768. The van der Waals surface area contributed by atoms with Gasteiger partial charge < -0.3 is 20.9 Å². The molecule has 0 bridgehead atoms. The number of fused-ring (bicyclic) bond motifs is 1. The number of aromatic nitrogens is 2. The van der Waals surface area contributed by atoms with Crippen molar-refractivity contribution in [3.8, 4) is 0 Å². The molecule has 0 unspecified atom stereocenters. The van der Waals surface area contributed by atoms with E-state index < -0.39 is 0 Å². The van der Waals surface area contributed by atoms with E-state index in [4.69, 9.17) is 5.73 Å². The standard InChI is InChI=1S/C20H24N6/c1-14-5-3-4-6-17(14)24-20-15-11-16(21)19(12-18(15)22-13-23-20)26-9-7-25(2)8-10-26/h3-6,11-13H,7-10,21H2,1-2H3,(H,22,23,24). The number of benzene rings is 2. The van der Waals surface area contributed by atoms with Crippen molar-refractivity contribution in [3.05, 3.63) is 48.3 Å². The van der Waals surface area contributed by atoms with E-state index >= 15 is 0 Å². The van der Waals surface area contributed by atoms with Crippen molar-refractivity contribution in [1.82, 2.24) is 14.9 Å². The molecule has 1 saturated heterocycles. The maximum atomic E-state index is 6.41. The van der Waals surface area contributed by atoms with Gasteiger partial charge in [0.05, 0.1) is 16.9 Å². The number of aryl methyl sites for hydroxylation is 1. The van der Waals surface area contributed by atoms with Crippen LogP contribution in [0.4, 0.5) is 22.9 Å². The molecule has 26 heavy (non-hydrogen) atoms. The van der Waals surface area contributed by atoms with E-state index in [1.807, 2.05) is 24.3 Å². The largest absolute Gasteiger partial charge is 0.397 e. The molecule has 0 radical (unpaired) electrons. The first-order valence-corrected chi connectivity index (χ1v) is 8.92. The summed E-state index contributed by atoms with van der Waals surface area (Å²) >= 11 is 0. The minimum Gasteiger partial charge on any atom is -0.397 e. The van der Waals surface area contributed by atoms with Gasteiger partial charge in [0, 0.05) is 37.3 Å². The molecule has 2 aromatic carbocycles. The zero-order valence-corrected chi connectivity index (χ0v) is 15.2. The quantitative estimate of drug-likeness (QED) is 0.709. The van der Waals surface area contributed by atoms with Crippen LogP contribution in [0.3, 0.4) is 0 Å². The maximum absolute atomic E-state index is 6.41. The summed E-state index contributed by atoms with van der Waals surface area (Å²) in [5.41, 5.74) is 11.3. The summed E-state index contributed by atoms with van der Waals surface area (Å²) in [5.74, 6) is 0.779. The molecular weight excluding hydrogens is 324 g/mol. The lowest BCUT2D eigenvalue weighted by atomic mass is 10.1. The number of nitrogens with one attached hydrogen (secondary N) is 1. The highest BCUT2D eigenvalue weighted by Crippen LogP contribution is 2.32. The van der Waals surface area contributed by atoms with Crippen LogP contribution in [0.2, 0.25) is 0 Å². The first kappa shape index (κ1) is 16.6. The zero-order valence-electron chi connectivity index (χ0n) is 15.2. The monoisotopic (exact) mass is 348 g/mol. The van der Waals surface area contributed by atoms with Crippen molar-refractivity contribution in [2.24, 2.45) is 0 Å². The van der Waals surface area contributed by atoms with Gasteiger partial charge in [0.1, 0.15) is 12.1 Å². The van der Waals surface area contributed by atoms with E-state index in [9.17, 15) is 0 Å². The van der Waals surface area contributed by atoms with Crippen LogP contribution < -0.4 is 16.0 Å². The van der Waals surface area contributed by atoms with Crippen molar-refractivity contribution in [2.45, 2.75) is 6.92 Å². The molecule has 0 atom stereocenters. The van der Waals surface area contributed by atoms with Gasteiger partial charge >= 0.3 is 0 Å². The lowest BCUT2D eigenvalue weighted by molar-refractivity contribution is 0.313. The summed E-state index contributed by atoms with van der Waals surface area (Å²) in [6, 6.07) is 12.2. The van der Waals surface area contributed by atoms with Gasteiger partial charge in [0.15, 0.2) is 0 Å². The van der Waals surface area contributed by atoms with Crippen LogP contribution in [0.15, 0.2) is 42.7 Å². The predicted molar refractivity (Wildman–Crippen MR) is 108 cm³/mol. The Bertz CT molecular complexity index is 931. The van der Waals surface area contributed by atoms with Gasteiger partial charge in [0.25, 0.3) is 0 Å². The summed E-state index contributed by atoms with van der Waals surface area (Å²) in [6.07, 6.45) is 1.60. The third-order valence-electron chi connectivity index (χ3n) is 5.03. The molecule has 3 aromatic rings. The lowest BCUT2D eigenvalue weighted by Gasteiger charge is -2.34. The van der Waals surface area contributed by atoms with Crippen LogP contribution in [0, 0.1) is 6.92 Å². The molecule has 0 spiro atoms. The van der Waals surface area contributed by atoms with Gasteiger partial charge in [-0.3, -0.25) is 0 Å². The van der Waals surface area contributed by atoms with Crippen molar-refractivity contribution >= 4 is 33.8 Å². The molecule has 1 aliphatic rings. The number of hydrogen-bond acceptors (Lipinski definition) is 6. The Morgan fingerprint density at radius 1 is 1.04 bits per heavy atom. The zero-order chi connectivity index (χ0) is 18.1. The summed E-state index contributed by atoms with van der Waals surface area (Å²) in [7, 11) is 2.15. The van der Waals surface area contributed by atoms with Crippen LogP contribution in [0.25, 0.3) is 10.9 Å². The number of piperazine rings is 1. The molecule has 3 N–H and O–H groups in total. The molecular formula is C20H24N6. The van der Waals surface area contributed by atoms with Gasteiger partial charge in [0.2, 0.25) is 0 Å². The summed E-state index contributed by atoms with van der Waals surface area (Å²) < 4.78 is 0. The Labute approximate surface area is 153 Å². The van der Waals surface area contributed by atoms with Crippen molar-refractivity contribution in [3.63, 3.8) is 0 Å². The molecule has 1 aliphatic heterocycles. The van der Waals surface area contributed by atoms with E-state index in [1.54, 1.807) is 6.33 Å². The number of para-hydroxylation sites is 1. The van der Waals surface area contributed by atoms with Crippen molar-refractivity contribution in [2.75, 3.05) is 49.2 Å². The van der Waals surface area contributed by atoms with E-state index in [-0.39, 0.29) is 0 Å². The Morgan fingerprint density at radius 3 is 2.58 bits per heavy atom. The number of anilines is 4. The summed E-state index contributed by atoms with van der Waals surface area (Å²) in [6.45, 7) is 6.12. The molecule has 0 amide bonds. The molecule has 1 aromatic heterocycles. The molecule has 6 heteroatoms. The topological polar surface area (TPSA) is 70.3 Å². The van der Waals surface area contributed by atoms with Gasteiger partial charge in [-0.25, -0.2) is 9.97 Å². The minimum atomic E-state index is 0.768. The van der Waals surface area contributed by atoms with E-state index in [1.165, 1.54) is 5.56 Å². The van der Waals surface area contributed by atoms with Gasteiger partial charge in [-0.05, 0) is 37.7 Å². The molecule has 0 saturated carbocycles. The molecule has 6 nitrogen and oxygen atoms in total. The molecule has 4 rings (SSSR count). The Hall–Kier alpha value is -2.86.